The molecule has 0 unspecified atom stereocenters. The Morgan fingerprint density at radius 2 is 1.76 bits per heavy atom. The SMILES string of the molecule is Cc1ccc(C(=O)N2CCC(CCNC(=O)COc3cccc(C)c3)CC2)cc1. The normalized spacial score (nSPS) is 14.5. The lowest BCUT2D eigenvalue weighted by atomic mass is 9.93. The Morgan fingerprint density at radius 3 is 2.45 bits per heavy atom. The van der Waals surface area contributed by atoms with Gasteiger partial charge in [0.1, 0.15) is 5.75 Å². The largest absolute Gasteiger partial charge is 0.484 e. The Balaban J connectivity index is 1.33. The van der Waals surface area contributed by atoms with Crippen molar-refractivity contribution in [3.8, 4) is 5.75 Å². The van der Waals surface area contributed by atoms with Crippen molar-refractivity contribution in [1.82, 2.24) is 10.2 Å². The standard InChI is InChI=1S/C24H30N2O3/c1-18-6-8-21(9-7-18)24(28)26-14-11-20(12-15-26)10-13-25-23(27)17-29-22-5-3-4-19(2)16-22/h3-9,16,20H,10-15,17H2,1-2H3,(H,25,27). The van der Waals surface area contributed by atoms with Crippen molar-refractivity contribution in [3.63, 3.8) is 0 Å². The number of benzene rings is 2. The van der Waals surface area contributed by atoms with E-state index < -0.39 is 0 Å². The molecule has 0 spiro atoms. The lowest BCUT2D eigenvalue weighted by Crippen LogP contribution is -2.39. The third-order valence-electron chi connectivity index (χ3n) is 5.43. The first kappa shape index (κ1) is 20.9. The van der Waals surface area contributed by atoms with Crippen LogP contribution in [0.25, 0.3) is 0 Å². The third kappa shape index (κ3) is 6.34. The van der Waals surface area contributed by atoms with Crippen LogP contribution in [0.5, 0.6) is 5.75 Å². The first-order valence-corrected chi connectivity index (χ1v) is 10.3. The van der Waals surface area contributed by atoms with Gasteiger partial charge in [-0.2, -0.15) is 0 Å². The lowest BCUT2D eigenvalue weighted by Gasteiger charge is -2.32. The van der Waals surface area contributed by atoms with Gasteiger partial charge < -0.3 is 15.0 Å². The number of likely N-dealkylation sites (tertiary alicyclic amines) is 1. The Labute approximate surface area is 173 Å². The minimum Gasteiger partial charge on any atom is -0.484 e. The van der Waals surface area contributed by atoms with E-state index in [4.69, 9.17) is 4.74 Å². The Hall–Kier alpha value is -2.82. The molecule has 1 aliphatic rings. The molecule has 0 bridgehead atoms. The maximum Gasteiger partial charge on any atom is 0.257 e. The van der Waals surface area contributed by atoms with Crippen LogP contribution >= 0.6 is 0 Å². The zero-order chi connectivity index (χ0) is 20.6. The average Bonchev–Trinajstić information content (AvgIpc) is 2.73. The number of amides is 2. The van der Waals surface area contributed by atoms with Gasteiger partial charge in [-0.3, -0.25) is 9.59 Å². The van der Waals surface area contributed by atoms with Gasteiger partial charge in [0.05, 0.1) is 0 Å². The maximum atomic E-state index is 12.6. The second-order valence-electron chi connectivity index (χ2n) is 7.85. The smallest absolute Gasteiger partial charge is 0.257 e. The van der Waals surface area contributed by atoms with Gasteiger partial charge in [0.25, 0.3) is 11.8 Å². The molecule has 0 aliphatic carbocycles. The van der Waals surface area contributed by atoms with E-state index in [1.807, 2.05) is 67.3 Å². The van der Waals surface area contributed by atoms with Gasteiger partial charge in [0.2, 0.25) is 0 Å². The fourth-order valence-corrected chi connectivity index (χ4v) is 3.62. The van der Waals surface area contributed by atoms with E-state index in [2.05, 4.69) is 5.32 Å². The van der Waals surface area contributed by atoms with Crippen molar-refractivity contribution in [3.05, 3.63) is 65.2 Å². The summed E-state index contributed by atoms with van der Waals surface area (Å²) in [7, 11) is 0. The van der Waals surface area contributed by atoms with Crippen LogP contribution in [0, 0.1) is 19.8 Å². The number of hydrogen-bond donors (Lipinski definition) is 1. The van der Waals surface area contributed by atoms with E-state index in [1.54, 1.807) is 0 Å². The zero-order valence-corrected chi connectivity index (χ0v) is 17.3. The Bertz CT molecular complexity index is 824. The minimum absolute atomic E-state index is 0.0347. The van der Waals surface area contributed by atoms with Crippen molar-refractivity contribution in [2.24, 2.45) is 5.92 Å². The molecular formula is C24H30N2O3. The molecule has 1 aliphatic heterocycles. The maximum absolute atomic E-state index is 12.6. The average molecular weight is 395 g/mol. The van der Waals surface area contributed by atoms with E-state index in [9.17, 15) is 9.59 Å². The van der Waals surface area contributed by atoms with E-state index in [0.717, 1.165) is 49.0 Å². The van der Waals surface area contributed by atoms with Crippen LogP contribution in [0.3, 0.4) is 0 Å². The molecule has 5 nitrogen and oxygen atoms in total. The van der Waals surface area contributed by atoms with Crippen molar-refractivity contribution < 1.29 is 14.3 Å². The molecule has 154 valence electrons. The highest BCUT2D eigenvalue weighted by molar-refractivity contribution is 5.94. The number of aryl methyl sites for hydroxylation is 2. The van der Waals surface area contributed by atoms with Crippen LogP contribution in [0.15, 0.2) is 48.5 Å². The van der Waals surface area contributed by atoms with Crippen LogP contribution < -0.4 is 10.1 Å². The molecule has 0 aromatic heterocycles. The number of piperidine rings is 1. The van der Waals surface area contributed by atoms with Crippen LogP contribution in [-0.2, 0) is 4.79 Å². The van der Waals surface area contributed by atoms with Crippen LogP contribution in [-0.4, -0.2) is 43.0 Å². The van der Waals surface area contributed by atoms with Gasteiger partial charge in [0.15, 0.2) is 6.61 Å². The summed E-state index contributed by atoms with van der Waals surface area (Å²) in [5.74, 6) is 1.27. The molecule has 2 aromatic rings. The van der Waals surface area contributed by atoms with Crippen LogP contribution in [0.2, 0.25) is 0 Å². The summed E-state index contributed by atoms with van der Waals surface area (Å²) >= 11 is 0. The molecule has 2 aromatic carbocycles. The molecule has 0 atom stereocenters. The van der Waals surface area contributed by atoms with Crippen molar-refractivity contribution in [2.75, 3.05) is 26.2 Å². The van der Waals surface area contributed by atoms with Crippen molar-refractivity contribution in [2.45, 2.75) is 33.1 Å². The number of nitrogens with one attached hydrogen (secondary N) is 1. The van der Waals surface area contributed by atoms with E-state index in [1.165, 1.54) is 0 Å². The molecule has 1 N–H and O–H groups in total. The molecule has 1 heterocycles. The number of ether oxygens (including phenoxy) is 1. The molecule has 1 fully saturated rings. The fourth-order valence-electron chi connectivity index (χ4n) is 3.62. The third-order valence-corrected chi connectivity index (χ3v) is 5.43. The summed E-state index contributed by atoms with van der Waals surface area (Å²) in [6, 6.07) is 15.4. The number of nitrogens with zero attached hydrogens (tertiary/aromatic N) is 1. The number of hydrogen-bond acceptors (Lipinski definition) is 3. The van der Waals surface area contributed by atoms with Gasteiger partial charge in [-0.25, -0.2) is 0 Å². The van der Waals surface area contributed by atoms with Gasteiger partial charge in [-0.1, -0.05) is 29.8 Å². The van der Waals surface area contributed by atoms with E-state index in [0.29, 0.717) is 18.2 Å². The Morgan fingerprint density at radius 1 is 1.03 bits per heavy atom. The molecule has 0 radical (unpaired) electrons. The first-order chi connectivity index (χ1) is 14.0. The van der Waals surface area contributed by atoms with Crippen molar-refractivity contribution >= 4 is 11.8 Å². The summed E-state index contributed by atoms with van der Waals surface area (Å²) in [5, 5.41) is 2.94. The van der Waals surface area contributed by atoms with E-state index in [-0.39, 0.29) is 18.4 Å². The molecule has 5 heteroatoms. The zero-order valence-electron chi connectivity index (χ0n) is 17.3. The van der Waals surface area contributed by atoms with Crippen molar-refractivity contribution in [1.29, 1.82) is 0 Å². The predicted molar refractivity (Wildman–Crippen MR) is 114 cm³/mol. The number of carbonyl (C=O) groups is 2. The highest BCUT2D eigenvalue weighted by Crippen LogP contribution is 2.21. The topological polar surface area (TPSA) is 58.6 Å². The molecule has 3 rings (SSSR count). The monoisotopic (exact) mass is 394 g/mol. The van der Waals surface area contributed by atoms with Gasteiger partial charge in [-0.15, -0.1) is 0 Å². The summed E-state index contributed by atoms with van der Waals surface area (Å²) in [6.45, 7) is 6.25. The summed E-state index contributed by atoms with van der Waals surface area (Å²) in [5.41, 5.74) is 3.02. The quantitative estimate of drug-likeness (QED) is 0.778. The van der Waals surface area contributed by atoms with Crippen LogP contribution in [0.4, 0.5) is 0 Å². The lowest BCUT2D eigenvalue weighted by molar-refractivity contribution is -0.123. The highest BCUT2D eigenvalue weighted by Gasteiger charge is 2.23. The highest BCUT2D eigenvalue weighted by atomic mass is 16.5. The van der Waals surface area contributed by atoms with Gasteiger partial charge >= 0.3 is 0 Å². The number of carbonyl (C=O) groups excluding carboxylic acids is 2. The molecular weight excluding hydrogens is 364 g/mol. The van der Waals surface area contributed by atoms with E-state index >= 15 is 0 Å². The molecule has 1 saturated heterocycles. The molecule has 29 heavy (non-hydrogen) atoms. The first-order valence-electron chi connectivity index (χ1n) is 10.3. The molecule has 0 saturated carbocycles. The molecule has 2 amide bonds. The van der Waals surface area contributed by atoms with Crippen LogP contribution in [0.1, 0.15) is 40.7 Å². The Kier molecular flexibility index (Phi) is 7.28. The fraction of sp³-hybridized carbons (Fsp3) is 0.417. The van der Waals surface area contributed by atoms with Gasteiger partial charge in [-0.05, 0) is 68.9 Å². The summed E-state index contributed by atoms with van der Waals surface area (Å²) < 4.78 is 5.52. The van der Waals surface area contributed by atoms with Gasteiger partial charge in [0, 0.05) is 25.2 Å². The predicted octanol–water partition coefficient (Wildman–Crippen LogP) is 3.74. The summed E-state index contributed by atoms with van der Waals surface area (Å²) in [4.78, 5) is 26.5. The second kappa shape index (κ2) is 10.1. The second-order valence-corrected chi connectivity index (χ2v) is 7.85. The summed E-state index contributed by atoms with van der Waals surface area (Å²) in [6.07, 6.45) is 2.89. The minimum atomic E-state index is -0.0986. The number of rotatable bonds is 7.